The van der Waals surface area contributed by atoms with E-state index in [0.717, 1.165) is 24.3 Å². The van der Waals surface area contributed by atoms with E-state index in [-0.39, 0.29) is 56.5 Å². The lowest BCUT2D eigenvalue weighted by atomic mass is 10.2. The Morgan fingerprint density at radius 1 is 0.691 bits per heavy atom. The van der Waals surface area contributed by atoms with Crippen LogP contribution in [0, 0.1) is 0 Å². The Hall–Kier alpha value is -5.11. The molecule has 0 aliphatic carbocycles. The van der Waals surface area contributed by atoms with E-state index >= 15 is 0 Å². The topological polar surface area (TPSA) is 186 Å². The van der Waals surface area contributed by atoms with E-state index in [4.69, 9.17) is 46.4 Å². The van der Waals surface area contributed by atoms with Crippen LogP contribution in [0.4, 0.5) is 37.7 Å². The van der Waals surface area contributed by atoms with Crippen molar-refractivity contribution in [1.29, 1.82) is 0 Å². The highest BCUT2D eigenvalue weighted by atomic mass is 35.5. The van der Waals surface area contributed by atoms with E-state index in [0.29, 0.717) is 24.5 Å². The maximum absolute atomic E-state index is 13.2. The number of alkyl halides is 6. The van der Waals surface area contributed by atoms with Crippen LogP contribution in [0.5, 0.6) is 0 Å². The number of benzene rings is 2. The van der Waals surface area contributed by atoms with Crippen molar-refractivity contribution in [1.82, 2.24) is 44.4 Å². The summed E-state index contributed by atoms with van der Waals surface area (Å²) >= 11 is 23.2. The zero-order valence-electron chi connectivity index (χ0n) is 37.1. The summed E-state index contributed by atoms with van der Waals surface area (Å²) in [6.45, 7) is 11.5. The number of rotatable bonds is 12. The van der Waals surface area contributed by atoms with Crippen LogP contribution in [0.2, 0.25) is 20.1 Å². The molecule has 4 heterocycles. The molecular weight excluding hydrogens is 1030 g/mol. The quantitative estimate of drug-likeness (QED) is 0.0675. The molecule has 0 radical (unpaired) electrons. The fourth-order valence-electron chi connectivity index (χ4n) is 5.78. The molecule has 2 aromatic carbocycles. The number of anilines is 2. The number of pyridine rings is 2. The Bertz CT molecular complexity index is 3000. The van der Waals surface area contributed by atoms with Gasteiger partial charge in [-0.3, -0.25) is 9.44 Å². The summed E-state index contributed by atoms with van der Waals surface area (Å²) < 4.78 is 140. The molecule has 0 atom stereocenters. The lowest BCUT2D eigenvalue weighted by Gasteiger charge is -2.18. The standard InChI is InChI=1S/C20H21Cl2F3N6O2S.C17H14Cl2F3N5O2S.C3H8N/c1-11(2)31-17(10-30(3)4)27-28-19(31)18-16(7-12(21)9-26-18)29-34(32,33)13-5-6-15(22)14(8-13)20(23,24)25;1-9(2)27-8-24-25-16(27)15-14(5-10(18)7-23-15)26-30(28,29)11-3-4-13(19)12(6-11)17(20,21)22;1-4(2)3/h5-9,11,29H,10H2,1-4H3;3-9,26H,1-2H3;1H2,2-3H3/q;;+1. The van der Waals surface area contributed by atoms with E-state index < -0.39 is 63.4 Å². The van der Waals surface area contributed by atoms with Gasteiger partial charge in [0, 0.05) is 24.5 Å². The lowest BCUT2D eigenvalue weighted by Crippen LogP contribution is -2.18. The molecule has 28 heteroatoms. The first-order valence-electron chi connectivity index (χ1n) is 19.4. The molecule has 0 aliphatic rings. The van der Waals surface area contributed by atoms with Gasteiger partial charge >= 0.3 is 12.4 Å². The van der Waals surface area contributed by atoms with Crippen LogP contribution in [0.25, 0.3) is 23.0 Å². The number of halogens is 10. The van der Waals surface area contributed by atoms with Gasteiger partial charge in [0.2, 0.25) is 0 Å². The summed E-state index contributed by atoms with van der Waals surface area (Å²) in [7, 11) is -1.42. The van der Waals surface area contributed by atoms with Gasteiger partial charge in [0.05, 0.1) is 58.9 Å². The fraction of sp³-hybridized carbons (Fsp3) is 0.325. The van der Waals surface area contributed by atoms with E-state index in [1.54, 1.807) is 13.7 Å². The second kappa shape index (κ2) is 22.1. The fourth-order valence-corrected chi connectivity index (χ4v) is 8.72. The molecule has 4 aromatic heterocycles. The number of aromatic nitrogens is 8. The minimum Gasteiger partial charge on any atom is -0.310 e. The number of hydrogen-bond acceptors (Lipinski definition) is 11. The lowest BCUT2D eigenvalue weighted by molar-refractivity contribution is -0.454. The van der Waals surface area contributed by atoms with Crippen molar-refractivity contribution in [2.75, 3.05) is 37.6 Å². The molecular formula is C40H43Cl4F6N12O4S2+. The highest BCUT2D eigenvalue weighted by Crippen LogP contribution is 2.39. The first-order chi connectivity index (χ1) is 31.3. The van der Waals surface area contributed by atoms with E-state index in [2.05, 4.69) is 46.5 Å². The number of hydrogen-bond donors (Lipinski definition) is 2. The van der Waals surface area contributed by atoms with Crippen LogP contribution in [0.1, 0.15) is 56.7 Å². The van der Waals surface area contributed by atoms with Crippen molar-refractivity contribution >= 4 is 84.5 Å². The highest BCUT2D eigenvalue weighted by Gasteiger charge is 2.36. The summed E-state index contributed by atoms with van der Waals surface area (Å²) in [6.07, 6.45) is -5.61. The molecule has 68 heavy (non-hydrogen) atoms. The minimum atomic E-state index is -4.83. The van der Waals surface area contributed by atoms with Gasteiger partial charge in [-0.1, -0.05) is 46.4 Å². The average molecular weight is 1080 g/mol. The SMILES string of the molecule is C=[N+](C)C.CC(C)n1c(CN(C)C)nnc1-c1ncc(Cl)cc1NS(=O)(=O)c1ccc(Cl)c(C(F)(F)F)c1.CC(C)n1cnnc1-c1ncc(Cl)cc1NS(=O)(=O)c1ccc(Cl)c(C(F)(F)F)c1. The Morgan fingerprint density at radius 2 is 1.12 bits per heavy atom. The monoisotopic (exact) mass is 1070 g/mol. The van der Waals surface area contributed by atoms with E-state index in [1.807, 2.05) is 60.8 Å². The van der Waals surface area contributed by atoms with Crippen LogP contribution >= 0.6 is 46.4 Å². The summed E-state index contributed by atoms with van der Waals surface area (Å²) in [5, 5.41) is 15.2. The van der Waals surface area contributed by atoms with E-state index in [1.165, 1.54) is 30.9 Å². The van der Waals surface area contributed by atoms with Crippen molar-refractivity contribution in [3.8, 4) is 23.0 Å². The second-order valence-corrected chi connectivity index (χ2v) is 20.5. The Kier molecular flexibility index (Phi) is 18.0. The Labute approximate surface area is 408 Å². The molecule has 0 amide bonds. The summed E-state index contributed by atoms with van der Waals surface area (Å²) in [6, 6.07) is 7.01. The number of nitrogens with one attached hydrogen (secondary N) is 2. The van der Waals surface area contributed by atoms with Crippen molar-refractivity contribution in [2.24, 2.45) is 0 Å². The molecule has 0 fully saturated rings. The molecule has 0 spiro atoms. The zero-order chi connectivity index (χ0) is 51.3. The van der Waals surface area contributed by atoms with E-state index in [9.17, 15) is 43.2 Å². The highest BCUT2D eigenvalue weighted by molar-refractivity contribution is 7.93. The molecule has 6 aromatic rings. The summed E-state index contributed by atoms with van der Waals surface area (Å²) in [5.74, 6) is 1.15. The molecule has 0 unspecified atom stereocenters. The number of nitrogens with zero attached hydrogens (tertiary/aromatic N) is 10. The number of sulfonamides is 2. The maximum atomic E-state index is 13.2. The van der Waals surface area contributed by atoms with Gasteiger partial charge < -0.3 is 14.0 Å². The predicted octanol–water partition coefficient (Wildman–Crippen LogP) is 10.1. The largest absolute Gasteiger partial charge is 0.417 e. The van der Waals surface area contributed by atoms with Gasteiger partial charge in [-0.25, -0.2) is 31.4 Å². The zero-order valence-corrected chi connectivity index (χ0v) is 41.8. The molecule has 0 saturated carbocycles. The summed E-state index contributed by atoms with van der Waals surface area (Å²) in [5.41, 5.74) is -2.45. The van der Waals surface area contributed by atoms with Crippen molar-refractivity contribution < 1.29 is 47.8 Å². The van der Waals surface area contributed by atoms with Crippen LogP contribution in [0.3, 0.4) is 0 Å². The second-order valence-electron chi connectivity index (χ2n) is 15.5. The molecule has 0 saturated heterocycles. The molecule has 2 N–H and O–H groups in total. The van der Waals surface area contributed by atoms with Gasteiger partial charge in [-0.05, 0) is 90.3 Å². The van der Waals surface area contributed by atoms with Crippen molar-refractivity contribution in [3.63, 3.8) is 0 Å². The van der Waals surface area contributed by atoms with Crippen LogP contribution in [-0.4, -0.2) is 101 Å². The normalized spacial score (nSPS) is 12.1. The molecule has 0 aliphatic heterocycles. The van der Waals surface area contributed by atoms with Gasteiger partial charge in [0.15, 0.2) is 11.6 Å². The van der Waals surface area contributed by atoms with Crippen LogP contribution in [0.15, 0.2) is 77.0 Å². The van der Waals surface area contributed by atoms with Gasteiger partial charge in [-0.2, -0.15) is 26.3 Å². The minimum absolute atomic E-state index is 0.0671. The molecule has 368 valence electrons. The third kappa shape index (κ3) is 14.2. The first kappa shape index (κ1) is 55.5. The van der Waals surface area contributed by atoms with Crippen LogP contribution in [-0.2, 0) is 38.9 Å². The van der Waals surface area contributed by atoms with Gasteiger partial charge in [0.1, 0.15) is 44.4 Å². The Balaban J connectivity index is 0.000000277. The molecule has 0 bridgehead atoms. The third-order valence-corrected chi connectivity index (χ3v) is 12.4. The smallest absolute Gasteiger partial charge is 0.310 e. The third-order valence-electron chi connectivity index (χ3n) is 8.60. The van der Waals surface area contributed by atoms with Crippen molar-refractivity contribution in [2.45, 2.75) is 68.5 Å². The van der Waals surface area contributed by atoms with Gasteiger partial charge in [-0.15, -0.1) is 20.4 Å². The first-order valence-corrected chi connectivity index (χ1v) is 23.9. The predicted molar refractivity (Wildman–Crippen MR) is 248 cm³/mol. The molecule has 16 nitrogen and oxygen atoms in total. The average Bonchev–Trinajstić information content (AvgIpc) is 3.85. The molecule has 6 rings (SSSR count). The van der Waals surface area contributed by atoms with Crippen molar-refractivity contribution in [3.05, 3.63) is 104 Å². The maximum Gasteiger partial charge on any atom is 0.417 e. The summed E-state index contributed by atoms with van der Waals surface area (Å²) in [4.78, 5) is 9.00. The van der Waals surface area contributed by atoms with Gasteiger partial charge in [0.25, 0.3) is 20.0 Å². The van der Waals surface area contributed by atoms with Crippen LogP contribution < -0.4 is 9.44 Å². The Morgan fingerprint density at radius 3 is 1.50 bits per heavy atom.